The number of aryl methyl sites for hydroxylation is 1. The highest BCUT2D eigenvalue weighted by Crippen LogP contribution is 2.29. The predicted octanol–water partition coefficient (Wildman–Crippen LogP) is 2.17. The maximum absolute atomic E-state index is 12.8. The zero-order chi connectivity index (χ0) is 17.5. The molecule has 2 aromatic rings. The van der Waals surface area contributed by atoms with E-state index in [4.69, 9.17) is 5.73 Å². The summed E-state index contributed by atoms with van der Waals surface area (Å²) in [6.07, 6.45) is 4.75. The van der Waals surface area contributed by atoms with Gasteiger partial charge in [0.15, 0.2) is 0 Å². The van der Waals surface area contributed by atoms with Crippen molar-refractivity contribution in [3.05, 3.63) is 30.0 Å². The zero-order valence-corrected chi connectivity index (χ0v) is 14.8. The summed E-state index contributed by atoms with van der Waals surface area (Å²) in [5.74, 6) is -0.420. The lowest BCUT2D eigenvalue weighted by Gasteiger charge is -2.26. The van der Waals surface area contributed by atoms with E-state index in [0.717, 1.165) is 35.7 Å². The number of primary amides is 1. The van der Waals surface area contributed by atoms with Crippen LogP contribution in [0.3, 0.4) is 0 Å². The molecule has 2 heterocycles. The summed E-state index contributed by atoms with van der Waals surface area (Å²) in [5, 5.41) is 0.834. The van der Waals surface area contributed by atoms with Crippen LogP contribution < -0.4 is 5.73 Å². The van der Waals surface area contributed by atoms with E-state index < -0.39 is 22.0 Å². The summed E-state index contributed by atoms with van der Waals surface area (Å²) in [7, 11) is -3.47. The number of hydrogen-bond acceptors (Lipinski definition) is 3. The summed E-state index contributed by atoms with van der Waals surface area (Å²) >= 11 is 0. The fourth-order valence-electron chi connectivity index (χ4n) is 3.28. The van der Waals surface area contributed by atoms with Crippen molar-refractivity contribution < 1.29 is 13.2 Å². The van der Waals surface area contributed by atoms with Crippen LogP contribution in [0.15, 0.2) is 29.3 Å². The number of fused-ring (bicyclic) bond motifs is 1. The average molecular weight is 349 g/mol. The number of nitrogens with zero attached hydrogens (tertiary/aromatic N) is 2. The van der Waals surface area contributed by atoms with E-state index in [1.807, 2.05) is 13.1 Å². The Morgan fingerprint density at radius 2 is 1.88 bits per heavy atom. The molecule has 24 heavy (non-hydrogen) atoms. The molecule has 1 amide bonds. The molecule has 1 aliphatic rings. The Balaban J connectivity index is 2.06. The third kappa shape index (κ3) is 2.82. The molecule has 3 rings (SSSR count). The van der Waals surface area contributed by atoms with Gasteiger partial charge in [-0.1, -0.05) is 6.42 Å². The quantitative estimate of drug-likeness (QED) is 0.918. The van der Waals surface area contributed by atoms with E-state index in [0.29, 0.717) is 18.0 Å². The third-order valence-corrected chi connectivity index (χ3v) is 6.68. The van der Waals surface area contributed by atoms with Gasteiger partial charge in [-0.15, -0.1) is 0 Å². The molecule has 0 radical (unpaired) electrons. The smallest absolute Gasteiger partial charge is 0.243 e. The molecule has 7 heteroatoms. The number of benzene rings is 1. The van der Waals surface area contributed by atoms with Crippen molar-refractivity contribution in [3.63, 3.8) is 0 Å². The van der Waals surface area contributed by atoms with Gasteiger partial charge < -0.3 is 10.3 Å². The minimum absolute atomic E-state index is 0.310. The molecule has 1 unspecified atom stereocenters. The van der Waals surface area contributed by atoms with Gasteiger partial charge >= 0.3 is 0 Å². The minimum Gasteiger partial charge on any atom is -0.368 e. The SMILES string of the molecule is Cc1cn(C(C)C(N)=O)c2ccc(S(=O)(=O)N3CCCCC3)cc12. The van der Waals surface area contributed by atoms with Gasteiger partial charge in [-0.3, -0.25) is 4.79 Å². The first-order chi connectivity index (χ1) is 11.3. The van der Waals surface area contributed by atoms with Crippen LogP contribution in [0.4, 0.5) is 0 Å². The van der Waals surface area contributed by atoms with Crippen molar-refractivity contribution in [1.82, 2.24) is 8.87 Å². The van der Waals surface area contributed by atoms with Crippen LogP contribution in [0.2, 0.25) is 0 Å². The molecule has 1 aromatic heterocycles. The first-order valence-corrected chi connectivity index (χ1v) is 9.67. The van der Waals surface area contributed by atoms with Crippen LogP contribution in [-0.4, -0.2) is 36.3 Å². The lowest BCUT2D eigenvalue weighted by Crippen LogP contribution is -2.35. The molecule has 130 valence electrons. The molecular weight excluding hydrogens is 326 g/mol. The number of amides is 1. The molecule has 1 fully saturated rings. The molecule has 1 aliphatic heterocycles. The highest BCUT2D eigenvalue weighted by molar-refractivity contribution is 7.89. The van der Waals surface area contributed by atoms with Crippen LogP contribution in [-0.2, 0) is 14.8 Å². The second-order valence-corrected chi connectivity index (χ2v) is 8.38. The van der Waals surface area contributed by atoms with E-state index in [1.54, 1.807) is 34.0 Å². The average Bonchev–Trinajstić information content (AvgIpc) is 2.91. The Kier molecular flexibility index (Phi) is 4.40. The van der Waals surface area contributed by atoms with Gasteiger partial charge in [0.2, 0.25) is 15.9 Å². The van der Waals surface area contributed by atoms with Gasteiger partial charge in [-0.25, -0.2) is 8.42 Å². The molecule has 0 aliphatic carbocycles. The number of hydrogen-bond donors (Lipinski definition) is 1. The maximum atomic E-state index is 12.8. The summed E-state index contributed by atoms with van der Waals surface area (Å²) in [6, 6.07) is 4.61. The fraction of sp³-hybridized carbons (Fsp3) is 0.471. The lowest BCUT2D eigenvalue weighted by atomic mass is 10.2. The lowest BCUT2D eigenvalue weighted by molar-refractivity contribution is -0.120. The molecule has 0 bridgehead atoms. The second-order valence-electron chi connectivity index (χ2n) is 6.44. The Morgan fingerprint density at radius 1 is 1.21 bits per heavy atom. The van der Waals surface area contributed by atoms with Gasteiger partial charge in [-0.05, 0) is 50.5 Å². The van der Waals surface area contributed by atoms with Crippen molar-refractivity contribution >= 4 is 26.8 Å². The number of sulfonamides is 1. The van der Waals surface area contributed by atoms with E-state index in [1.165, 1.54) is 0 Å². The van der Waals surface area contributed by atoms with Crippen LogP contribution in [0.1, 0.15) is 37.8 Å². The normalized spacial score (nSPS) is 17.9. The molecule has 6 nitrogen and oxygen atoms in total. The number of nitrogens with two attached hydrogens (primary N) is 1. The van der Waals surface area contributed by atoms with Crippen LogP contribution in [0.25, 0.3) is 10.9 Å². The zero-order valence-electron chi connectivity index (χ0n) is 14.0. The number of carbonyl (C=O) groups excluding carboxylic acids is 1. The molecule has 0 saturated carbocycles. The minimum atomic E-state index is -3.47. The molecule has 1 aromatic carbocycles. The summed E-state index contributed by atoms with van der Waals surface area (Å²) < 4.78 is 29.0. The van der Waals surface area contributed by atoms with Crippen molar-refractivity contribution in [3.8, 4) is 0 Å². The van der Waals surface area contributed by atoms with E-state index in [9.17, 15) is 13.2 Å². The highest BCUT2D eigenvalue weighted by atomic mass is 32.2. The van der Waals surface area contributed by atoms with Crippen LogP contribution in [0, 0.1) is 6.92 Å². The maximum Gasteiger partial charge on any atom is 0.243 e. The van der Waals surface area contributed by atoms with Crippen LogP contribution >= 0.6 is 0 Å². The Morgan fingerprint density at radius 3 is 2.50 bits per heavy atom. The Bertz CT molecular complexity index is 880. The number of aromatic nitrogens is 1. The van der Waals surface area contributed by atoms with Gasteiger partial charge in [0.05, 0.1) is 4.90 Å². The van der Waals surface area contributed by atoms with E-state index in [2.05, 4.69) is 0 Å². The van der Waals surface area contributed by atoms with E-state index >= 15 is 0 Å². The van der Waals surface area contributed by atoms with Crippen molar-refractivity contribution in [2.24, 2.45) is 5.73 Å². The van der Waals surface area contributed by atoms with Gasteiger partial charge in [0.25, 0.3) is 0 Å². The first-order valence-electron chi connectivity index (χ1n) is 8.23. The van der Waals surface area contributed by atoms with Gasteiger partial charge in [0.1, 0.15) is 6.04 Å². The molecule has 0 spiro atoms. The van der Waals surface area contributed by atoms with Crippen molar-refractivity contribution in [2.45, 2.75) is 44.0 Å². The molecule has 2 N–H and O–H groups in total. The molecule has 1 atom stereocenters. The summed E-state index contributed by atoms with van der Waals surface area (Å²) in [6.45, 7) is 4.81. The Hall–Kier alpha value is -1.86. The second kappa shape index (κ2) is 6.22. The largest absolute Gasteiger partial charge is 0.368 e. The standard InChI is InChI=1S/C17H23N3O3S/c1-12-11-20(13(2)17(18)21)16-7-6-14(10-15(12)16)24(22,23)19-8-4-3-5-9-19/h6-7,10-11,13H,3-5,8-9H2,1-2H3,(H2,18,21). The number of piperidine rings is 1. The first kappa shape index (κ1) is 17.0. The number of rotatable bonds is 4. The topological polar surface area (TPSA) is 85.4 Å². The van der Waals surface area contributed by atoms with E-state index in [-0.39, 0.29) is 0 Å². The monoisotopic (exact) mass is 349 g/mol. The van der Waals surface area contributed by atoms with Gasteiger partial charge in [-0.2, -0.15) is 4.31 Å². The van der Waals surface area contributed by atoms with Crippen molar-refractivity contribution in [1.29, 1.82) is 0 Å². The fourth-order valence-corrected chi connectivity index (χ4v) is 4.82. The Labute approximate surface area is 142 Å². The highest BCUT2D eigenvalue weighted by Gasteiger charge is 2.26. The van der Waals surface area contributed by atoms with Gasteiger partial charge in [0, 0.05) is 30.2 Å². The van der Waals surface area contributed by atoms with Crippen molar-refractivity contribution in [2.75, 3.05) is 13.1 Å². The molecular formula is C17H23N3O3S. The summed E-state index contributed by atoms with van der Waals surface area (Å²) in [5.41, 5.74) is 7.14. The van der Waals surface area contributed by atoms with Crippen LogP contribution in [0.5, 0.6) is 0 Å². The molecule has 1 saturated heterocycles. The number of carbonyl (C=O) groups is 1. The third-order valence-electron chi connectivity index (χ3n) is 4.79. The predicted molar refractivity (Wildman–Crippen MR) is 93.2 cm³/mol. The summed E-state index contributed by atoms with van der Waals surface area (Å²) in [4.78, 5) is 11.8.